The Morgan fingerprint density at radius 3 is 2.67 bits per heavy atom. The Kier molecular flexibility index (Phi) is 4.44. The predicted molar refractivity (Wildman–Crippen MR) is 73.4 cm³/mol. The molecule has 0 bridgehead atoms. The molecule has 18 heavy (non-hydrogen) atoms. The molecule has 2 rings (SSSR count). The molecule has 3 atom stereocenters. The summed E-state index contributed by atoms with van der Waals surface area (Å²) in [5, 5.41) is 14.5. The Morgan fingerprint density at radius 2 is 2.11 bits per heavy atom. The molecule has 1 fully saturated rings. The first-order valence-electron chi connectivity index (χ1n) is 7.37. The molecule has 0 radical (unpaired) electrons. The largest absolute Gasteiger partial charge is 0.393 e. The topological polar surface area (TPSA) is 38.0 Å². The molecule has 0 spiro atoms. The summed E-state index contributed by atoms with van der Waals surface area (Å²) in [6.45, 7) is 6.59. The van der Waals surface area contributed by atoms with Gasteiger partial charge in [-0.05, 0) is 50.0 Å². The van der Waals surface area contributed by atoms with E-state index >= 15 is 0 Å². The van der Waals surface area contributed by atoms with Crippen LogP contribution < -0.4 is 0 Å². The molecule has 1 aromatic rings. The Bertz CT molecular complexity index is 370. The molecule has 1 saturated carbocycles. The van der Waals surface area contributed by atoms with E-state index in [4.69, 9.17) is 5.10 Å². The molecule has 102 valence electrons. The van der Waals surface area contributed by atoms with Crippen LogP contribution in [0.25, 0.3) is 0 Å². The zero-order valence-electron chi connectivity index (χ0n) is 11.8. The third kappa shape index (κ3) is 2.77. The van der Waals surface area contributed by atoms with Gasteiger partial charge in [0.2, 0.25) is 0 Å². The maximum absolute atomic E-state index is 9.79. The average Bonchev–Trinajstić information content (AvgIpc) is 2.94. The van der Waals surface area contributed by atoms with Crippen LogP contribution in [0, 0.1) is 11.8 Å². The molecule has 1 heterocycles. The summed E-state index contributed by atoms with van der Waals surface area (Å²) >= 11 is 0. The van der Waals surface area contributed by atoms with Crippen LogP contribution in [0.15, 0.2) is 12.3 Å². The van der Waals surface area contributed by atoms with Gasteiger partial charge in [0, 0.05) is 6.20 Å². The van der Waals surface area contributed by atoms with Crippen molar-refractivity contribution in [1.29, 1.82) is 0 Å². The third-order valence-electron chi connectivity index (χ3n) is 4.64. The molecule has 0 aromatic carbocycles. The maximum Gasteiger partial charge on any atom is 0.0627 e. The van der Waals surface area contributed by atoms with Crippen LogP contribution in [0.5, 0.6) is 0 Å². The molecule has 3 nitrogen and oxygen atoms in total. The van der Waals surface area contributed by atoms with E-state index in [0.717, 1.165) is 32.1 Å². The van der Waals surface area contributed by atoms with Gasteiger partial charge < -0.3 is 5.11 Å². The van der Waals surface area contributed by atoms with Gasteiger partial charge in [-0.3, -0.25) is 4.68 Å². The highest BCUT2D eigenvalue weighted by Crippen LogP contribution is 2.33. The summed E-state index contributed by atoms with van der Waals surface area (Å²) < 4.78 is 2.12. The van der Waals surface area contributed by atoms with Crippen LogP contribution in [0.1, 0.15) is 58.2 Å². The van der Waals surface area contributed by atoms with Gasteiger partial charge in [-0.1, -0.05) is 20.8 Å². The highest BCUT2D eigenvalue weighted by atomic mass is 16.3. The van der Waals surface area contributed by atoms with E-state index < -0.39 is 0 Å². The number of rotatable bonds is 5. The molecule has 1 aliphatic rings. The standard InChI is InChI=1S/C15H26N2O/c1-4-14(5-2)17-9-8-13(16-17)10-12-6-7-15(18)11(12)3/h8-9,11-12,14-15,18H,4-7,10H2,1-3H3. The van der Waals surface area contributed by atoms with Crippen LogP contribution in [-0.4, -0.2) is 21.0 Å². The normalized spacial score (nSPS) is 28.2. The summed E-state index contributed by atoms with van der Waals surface area (Å²) in [6, 6.07) is 2.68. The minimum Gasteiger partial charge on any atom is -0.393 e. The van der Waals surface area contributed by atoms with Crippen molar-refractivity contribution in [2.45, 2.75) is 65.0 Å². The van der Waals surface area contributed by atoms with Crippen LogP contribution >= 0.6 is 0 Å². The molecule has 0 aliphatic heterocycles. The fourth-order valence-electron chi connectivity index (χ4n) is 3.13. The second-order valence-corrected chi connectivity index (χ2v) is 5.73. The lowest BCUT2D eigenvalue weighted by Crippen LogP contribution is -2.17. The number of aromatic nitrogens is 2. The highest BCUT2D eigenvalue weighted by molar-refractivity contribution is 5.03. The minimum atomic E-state index is -0.101. The van der Waals surface area contributed by atoms with Gasteiger partial charge in [-0.2, -0.15) is 5.10 Å². The minimum absolute atomic E-state index is 0.101. The Hall–Kier alpha value is -0.830. The quantitative estimate of drug-likeness (QED) is 0.871. The van der Waals surface area contributed by atoms with Gasteiger partial charge in [0.15, 0.2) is 0 Å². The molecule has 3 unspecified atom stereocenters. The maximum atomic E-state index is 9.79. The number of nitrogens with zero attached hydrogens (tertiary/aromatic N) is 2. The van der Waals surface area contributed by atoms with Crippen LogP contribution in [0.4, 0.5) is 0 Å². The lowest BCUT2D eigenvalue weighted by atomic mass is 9.92. The first-order chi connectivity index (χ1) is 8.65. The van der Waals surface area contributed by atoms with Crippen molar-refractivity contribution in [3.63, 3.8) is 0 Å². The average molecular weight is 250 g/mol. The van der Waals surface area contributed by atoms with Crippen molar-refractivity contribution in [1.82, 2.24) is 9.78 Å². The second kappa shape index (κ2) is 5.87. The fraction of sp³-hybridized carbons (Fsp3) is 0.800. The van der Waals surface area contributed by atoms with E-state index in [-0.39, 0.29) is 6.10 Å². The summed E-state index contributed by atoms with van der Waals surface area (Å²) in [4.78, 5) is 0. The molecular weight excluding hydrogens is 224 g/mol. The predicted octanol–water partition coefficient (Wildman–Crippen LogP) is 3.19. The Labute approximate surface area is 110 Å². The third-order valence-corrected chi connectivity index (χ3v) is 4.64. The molecule has 1 N–H and O–H groups in total. The number of aliphatic hydroxyl groups is 1. The summed E-state index contributed by atoms with van der Waals surface area (Å²) in [5.41, 5.74) is 1.19. The zero-order valence-corrected chi connectivity index (χ0v) is 11.8. The molecule has 1 aromatic heterocycles. The van der Waals surface area contributed by atoms with Gasteiger partial charge >= 0.3 is 0 Å². The van der Waals surface area contributed by atoms with Gasteiger partial charge in [0.05, 0.1) is 17.8 Å². The van der Waals surface area contributed by atoms with Crippen molar-refractivity contribution < 1.29 is 5.11 Å². The molecule has 1 aliphatic carbocycles. The highest BCUT2D eigenvalue weighted by Gasteiger charge is 2.31. The number of hydrogen-bond donors (Lipinski definition) is 1. The lowest BCUT2D eigenvalue weighted by molar-refractivity contribution is 0.127. The zero-order chi connectivity index (χ0) is 13.1. The van der Waals surface area contributed by atoms with Crippen molar-refractivity contribution in [2.75, 3.05) is 0 Å². The molecular formula is C15H26N2O. The SMILES string of the molecule is CCC(CC)n1ccc(CC2CCC(O)C2C)n1. The number of aliphatic hydroxyl groups excluding tert-OH is 1. The van der Waals surface area contributed by atoms with E-state index in [1.54, 1.807) is 0 Å². The summed E-state index contributed by atoms with van der Waals surface area (Å²) in [7, 11) is 0. The van der Waals surface area contributed by atoms with Crippen molar-refractivity contribution in [3.8, 4) is 0 Å². The van der Waals surface area contributed by atoms with E-state index in [9.17, 15) is 5.11 Å². The van der Waals surface area contributed by atoms with Gasteiger partial charge in [0.25, 0.3) is 0 Å². The van der Waals surface area contributed by atoms with E-state index in [1.165, 1.54) is 5.69 Å². The first-order valence-corrected chi connectivity index (χ1v) is 7.37. The molecule has 3 heteroatoms. The van der Waals surface area contributed by atoms with Crippen LogP contribution in [0.3, 0.4) is 0 Å². The van der Waals surface area contributed by atoms with E-state index in [2.05, 4.69) is 37.7 Å². The fourth-order valence-corrected chi connectivity index (χ4v) is 3.13. The van der Waals surface area contributed by atoms with E-state index in [0.29, 0.717) is 17.9 Å². The van der Waals surface area contributed by atoms with E-state index in [1.807, 2.05) is 0 Å². The Morgan fingerprint density at radius 1 is 1.39 bits per heavy atom. The second-order valence-electron chi connectivity index (χ2n) is 5.73. The number of hydrogen-bond acceptors (Lipinski definition) is 2. The van der Waals surface area contributed by atoms with Crippen molar-refractivity contribution in [3.05, 3.63) is 18.0 Å². The van der Waals surface area contributed by atoms with Crippen LogP contribution in [-0.2, 0) is 6.42 Å². The first kappa shape index (κ1) is 13.6. The van der Waals surface area contributed by atoms with Crippen molar-refractivity contribution in [2.24, 2.45) is 11.8 Å². The smallest absolute Gasteiger partial charge is 0.0627 e. The van der Waals surface area contributed by atoms with Gasteiger partial charge in [-0.15, -0.1) is 0 Å². The van der Waals surface area contributed by atoms with Crippen molar-refractivity contribution >= 4 is 0 Å². The molecule has 0 amide bonds. The summed E-state index contributed by atoms with van der Waals surface area (Å²) in [5.74, 6) is 1.02. The Balaban J connectivity index is 1.98. The van der Waals surface area contributed by atoms with Crippen LogP contribution in [0.2, 0.25) is 0 Å². The molecule has 0 saturated heterocycles. The lowest BCUT2D eigenvalue weighted by Gasteiger charge is -2.16. The summed E-state index contributed by atoms with van der Waals surface area (Å²) in [6.07, 6.45) is 7.40. The van der Waals surface area contributed by atoms with Gasteiger partial charge in [0.1, 0.15) is 0 Å². The monoisotopic (exact) mass is 250 g/mol. The van der Waals surface area contributed by atoms with Gasteiger partial charge in [-0.25, -0.2) is 0 Å².